The summed E-state index contributed by atoms with van der Waals surface area (Å²) in [5.74, 6) is -1.46. The van der Waals surface area contributed by atoms with Crippen molar-refractivity contribution in [1.29, 1.82) is 0 Å². The van der Waals surface area contributed by atoms with Crippen molar-refractivity contribution in [3.63, 3.8) is 0 Å². The summed E-state index contributed by atoms with van der Waals surface area (Å²) < 4.78 is 0. The highest BCUT2D eigenvalue weighted by atomic mass is 16.4. The number of hydrogen-bond donors (Lipinski definition) is 3. The van der Waals surface area contributed by atoms with Gasteiger partial charge in [0.05, 0.1) is 12.5 Å². The molecule has 0 fully saturated rings. The van der Waals surface area contributed by atoms with Crippen LogP contribution in [0.3, 0.4) is 0 Å². The van der Waals surface area contributed by atoms with E-state index in [0.29, 0.717) is 6.54 Å². The number of carbonyl (C=O) groups excluding carboxylic acids is 1. The van der Waals surface area contributed by atoms with Crippen molar-refractivity contribution in [2.24, 2.45) is 5.73 Å². The van der Waals surface area contributed by atoms with Gasteiger partial charge in [0.15, 0.2) is 0 Å². The molecule has 1 atom stereocenters. The summed E-state index contributed by atoms with van der Waals surface area (Å²) in [5, 5.41) is 11.1. The molecule has 6 nitrogen and oxygen atoms in total. The fraction of sp³-hybridized carbons (Fsp3) is 0.818. The number of carboxylic acids is 1. The third-order valence-electron chi connectivity index (χ3n) is 2.58. The first-order chi connectivity index (χ1) is 8.01. The van der Waals surface area contributed by atoms with Crippen molar-refractivity contribution < 1.29 is 14.7 Å². The number of amides is 1. The van der Waals surface area contributed by atoms with E-state index in [4.69, 9.17) is 10.8 Å². The Kier molecular flexibility index (Phi) is 8.35. The molecule has 0 aliphatic carbocycles. The van der Waals surface area contributed by atoms with Gasteiger partial charge in [0, 0.05) is 6.54 Å². The van der Waals surface area contributed by atoms with Gasteiger partial charge in [0.25, 0.3) is 0 Å². The molecule has 0 spiro atoms. The van der Waals surface area contributed by atoms with E-state index in [0.717, 1.165) is 26.1 Å². The molecule has 0 radical (unpaired) electrons. The van der Waals surface area contributed by atoms with Gasteiger partial charge in [0.1, 0.15) is 0 Å². The number of aliphatic carboxylic acids is 1. The van der Waals surface area contributed by atoms with Crippen LogP contribution in [-0.2, 0) is 9.59 Å². The molecule has 0 saturated heterocycles. The maximum atomic E-state index is 11.3. The topological polar surface area (TPSA) is 95.7 Å². The average Bonchev–Trinajstić information content (AvgIpc) is 2.28. The number of nitrogens with zero attached hydrogens (tertiary/aromatic N) is 1. The highest BCUT2D eigenvalue weighted by molar-refractivity contribution is 5.85. The summed E-state index contributed by atoms with van der Waals surface area (Å²) >= 11 is 0. The number of carboxylic acid groups (broad SMARTS) is 1. The Morgan fingerprint density at radius 1 is 1.35 bits per heavy atom. The first kappa shape index (κ1) is 15.9. The Morgan fingerprint density at radius 3 is 2.41 bits per heavy atom. The van der Waals surface area contributed by atoms with E-state index in [9.17, 15) is 9.59 Å². The lowest BCUT2D eigenvalue weighted by Gasteiger charge is -2.18. The van der Waals surface area contributed by atoms with Crippen molar-refractivity contribution in [3.8, 4) is 0 Å². The van der Waals surface area contributed by atoms with Crippen LogP contribution in [0.5, 0.6) is 0 Å². The largest absolute Gasteiger partial charge is 0.481 e. The van der Waals surface area contributed by atoms with Gasteiger partial charge in [-0.1, -0.05) is 13.8 Å². The second-order valence-electron chi connectivity index (χ2n) is 3.88. The summed E-state index contributed by atoms with van der Waals surface area (Å²) in [4.78, 5) is 23.9. The second-order valence-corrected chi connectivity index (χ2v) is 3.88. The second kappa shape index (κ2) is 8.95. The lowest BCUT2D eigenvalue weighted by molar-refractivity contribution is -0.139. The highest BCUT2D eigenvalue weighted by Crippen LogP contribution is 1.91. The Hall–Kier alpha value is -1.14. The molecule has 0 heterocycles. The molecule has 1 unspecified atom stereocenters. The lowest BCUT2D eigenvalue weighted by Crippen LogP contribution is -2.42. The zero-order chi connectivity index (χ0) is 13.3. The normalized spacial score (nSPS) is 12.5. The van der Waals surface area contributed by atoms with Gasteiger partial charge in [-0.3, -0.25) is 9.59 Å². The summed E-state index contributed by atoms with van der Waals surface area (Å²) in [7, 11) is 0. The van der Waals surface area contributed by atoms with E-state index in [1.165, 1.54) is 0 Å². The molecule has 0 aromatic rings. The van der Waals surface area contributed by atoms with Crippen LogP contribution in [0.1, 0.15) is 26.7 Å². The van der Waals surface area contributed by atoms with Crippen molar-refractivity contribution >= 4 is 11.9 Å². The number of rotatable bonds is 9. The Morgan fingerprint density at radius 2 is 1.94 bits per heavy atom. The predicted molar refractivity (Wildman–Crippen MR) is 65.6 cm³/mol. The summed E-state index contributed by atoms with van der Waals surface area (Å²) in [6.45, 7) is 7.60. The number of nitrogens with two attached hydrogens (primary N) is 1. The average molecular weight is 245 g/mol. The van der Waals surface area contributed by atoms with Gasteiger partial charge in [-0.2, -0.15) is 0 Å². The van der Waals surface area contributed by atoms with Crippen LogP contribution in [0.2, 0.25) is 0 Å². The Labute approximate surface area is 102 Å². The third-order valence-corrected chi connectivity index (χ3v) is 2.58. The minimum Gasteiger partial charge on any atom is -0.481 e. The quantitative estimate of drug-likeness (QED) is 0.482. The Bertz CT molecular complexity index is 242. The molecular formula is C11H23N3O3. The first-order valence-electron chi connectivity index (χ1n) is 5.98. The highest BCUT2D eigenvalue weighted by Gasteiger charge is 2.16. The van der Waals surface area contributed by atoms with Crippen LogP contribution >= 0.6 is 0 Å². The monoisotopic (exact) mass is 245 g/mol. The number of carbonyl (C=O) groups is 2. The van der Waals surface area contributed by atoms with E-state index in [2.05, 4.69) is 24.1 Å². The molecule has 4 N–H and O–H groups in total. The van der Waals surface area contributed by atoms with Gasteiger partial charge < -0.3 is 21.1 Å². The fourth-order valence-corrected chi connectivity index (χ4v) is 1.47. The van der Waals surface area contributed by atoms with Gasteiger partial charge in [-0.15, -0.1) is 0 Å². The van der Waals surface area contributed by atoms with Crippen LogP contribution in [0.15, 0.2) is 0 Å². The predicted octanol–water partition coefficient (Wildman–Crippen LogP) is -0.363. The molecule has 17 heavy (non-hydrogen) atoms. The fourth-order valence-electron chi connectivity index (χ4n) is 1.47. The SMILES string of the molecule is CCN(CC)CCCNC(=O)C(N)CC(=O)O. The molecule has 0 bridgehead atoms. The standard InChI is InChI=1S/C11H23N3O3/c1-3-14(4-2)7-5-6-13-11(17)9(12)8-10(15)16/h9H,3-8,12H2,1-2H3,(H,13,17)(H,15,16). The molecular weight excluding hydrogens is 222 g/mol. The molecule has 1 amide bonds. The molecule has 0 saturated carbocycles. The minimum atomic E-state index is -1.06. The van der Waals surface area contributed by atoms with Gasteiger partial charge in [0.2, 0.25) is 5.91 Å². The smallest absolute Gasteiger partial charge is 0.305 e. The molecule has 0 aliphatic rings. The van der Waals surface area contributed by atoms with Crippen LogP contribution in [0.25, 0.3) is 0 Å². The summed E-state index contributed by atoms with van der Waals surface area (Å²) in [6.07, 6.45) is 0.509. The molecule has 100 valence electrons. The third kappa shape index (κ3) is 7.70. The molecule has 0 aromatic heterocycles. The summed E-state index contributed by atoms with van der Waals surface area (Å²) in [5.41, 5.74) is 5.41. The maximum absolute atomic E-state index is 11.3. The summed E-state index contributed by atoms with van der Waals surface area (Å²) in [6, 6.07) is -0.957. The molecule has 0 aliphatic heterocycles. The zero-order valence-electron chi connectivity index (χ0n) is 10.6. The van der Waals surface area contributed by atoms with Crippen LogP contribution in [-0.4, -0.2) is 54.1 Å². The maximum Gasteiger partial charge on any atom is 0.305 e. The van der Waals surface area contributed by atoms with Gasteiger partial charge in [-0.25, -0.2) is 0 Å². The van der Waals surface area contributed by atoms with Crippen molar-refractivity contribution in [3.05, 3.63) is 0 Å². The first-order valence-corrected chi connectivity index (χ1v) is 5.98. The van der Waals surface area contributed by atoms with Gasteiger partial charge >= 0.3 is 5.97 Å². The van der Waals surface area contributed by atoms with E-state index in [1.54, 1.807) is 0 Å². The van der Waals surface area contributed by atoms with Gasteiger partial charge in [-0.05, 0) is 26.1 Å². The Balaban J connectivity index is 3.67. The van der Waals surface area contributed by atoms with Crippen LogP contribution in [0.4, 0.5) is 0 Å². The zero-order valence-corrected chi connectivity index (χ0v) is 10.6. The van der Waals surface area contributed by atoms with Crippen LogP contribution in [0, 0.1) is 0 Å². The molecule has 0 rings (SSSR count). The molecule has 6 heteroatoms. The van der Waals surface area contributed by atoms with E-state index >= 15 is 0 Å². The van der Waals surface area contributed by atoms with Crippen molar-refractivity contribution in [2.45, 2.75) is 32.7 Å². The van der Waals surface area contributed by atoms with Crippen molar-refractivity contribution in [1.82, 2.24) is 10.2 Å². The van der Waals surface area contributed by atoms with Crippen LogP contribution < -0.4 is 11.1 Å². The minimum absolute atomic E-state index is 0.331. The van der Waals surface area contributed by atoms with E-state index < -0.39 is 17.9 Å². The number of hydrogen-bond acceptors (Lipinski definition) is 4. The lowest BCUT2D eigenvalue weighted by atomic mass is 10.2. The van der Waals surface area contributed by atoms with Crippen molar-refractivity contribution in [2.75, 3.05) is 26.2 Å². The molecule has 0 aromatic carbocycles. The van der Waals surface area contributed by atoms with E-state index in [1.807, 2.05) is 0 Å². The number of nitrogens with one attached hydrogen (secondary N) is 1. The van der Waals surface area contributed by atoms with E-state index in [-0.39, 0.29) is 6.42 Å².